The molecule has 0 amide bonds. The van der Waals surface area contributed by atoms with Gasteiger partial charge >= 0.3 is 0 Å². The summed E-state index contributed by atoms with van der Waals surface area (Å²) in [6.45, 7) is 5.00. The van der Waals surface area contributed by atoms with Gasteiger partial charge in [-0.3, -0.25) is 0 Å². The lowest BCUT2D eigenvalue weighted by atomic mass is 10.1. The van der Waals surface area contributed by atoms with E-state index in [1.54, 1.807) is 11.3 Å². The zero-order valence-electron chi connectivity index (χ0n) is 12.3. The molecule has 0 aliphatic rings. The third-order valence-corrected chi connectivity index (χ3v) is 4.38. The van der Waals surface area contributed by atoms with Crippen LogP contribution in [0.1, 0.15) is 29.5 Å². The van der Waals surface area contributed by atoms with Crippen molar-refractivity contribution in [2.75, 3.05) is 11.9 Å². The number of hydrogen-bond donors (Lipinski definition) is 1. The molecule has 0 aromatic carbocycles. The summed E-state index contributed by atoms with van der Waals surface area (Å²) in [6.07, 6.45) is 3.68. The van der Waals surface area contributed by atoms with Crippen LogP contribution in [0.4, 0.5) is 5.82 Å². The quantitative estimate of drug-likeness (QED) is 0.889. The monoisotopic (exact) mass is 290 g/mol. The van der Waals surface area contributed by atoms with E-state index in [0.29, 0.717) is 0 Å². The van der Waals surface area contributed by atoms with Crippen LogP contribution in [0.15, 0.2) is 23.8 Å². The molecule has 0 radical (unpaired) electrons. The van der Waals surface area contributed by atoms with E-state index in [1.165, 1.54) is 10.4 Å². The molecule has 20 heavy (non-hydrogen) atoms. The van der Waals surface area contributed by atoms with Gasteiger partial charge in [-0.2, -0.15) is 0 Å². The van der Waals surface area contributed by atoms with Gasteiger partial charge in [-0.15, -0.1) is 11.3 Å². The van der Waals surface area contributed by atoms with Crippen molar-refractivity contribution in [2.24, 2.45) is 5.73 Å². The molecule has 0 spiro atoms. The van der Waals surface area contributed by atoms with Gasteiger partial charge in [-0.1, -0.05) is 13.0 Å². The lowest BCUT2D eigenvalue weighted by Gasteiger charge is -2.21. The summed E-state index contributed by atoms with van der Waals surface area (Å²) in [7, 11) is 2.07. The Hall–Kier alpha value is -1.46. The summed E-state index contributed by atoms with van der Waals surface area (Å²) in [6, 6.07) is 4.29. The lowest BCUT2D eigenvalue weighted by Crippen LogP contribution is -2.25. The third-order valence-electron chi connectivity index (χ3n) is 3.46. The molecule has 2 rings (SSSR count). The highest BCUT2D eigenvalue weighted by atomic mass is 32.1. The van der Waals surface area contributed by atoms with Crippen molar-refractivity contribution in [2.45, 2.75) is 39.3 Å². The molecular weight excluding hydrogens is 268 g/mol. The number of rotatable bonds is 6. The molecule has 0 fully saturated rings. The molecule has 0 saturated carbocycles. The Labute approximate surface area is 124 Å². The SMILES string of the molecule is CCC(N)Cc1cccnc1N(C)Cc1scnc1C. The van der Waals surface area contributed by atoms with Crippen LogP contribution in [0.3, 0.4) is 0 Å². The van der Waals surface area contributed by atoms with Gasteiger partial charge in [0.1, 0.15) is 5.82 Å². The van der Waals surface area contributed by atoms with E-state index >= 15 is 0 Å². The molecule has 2 N–H and O–H groups in total. The Morgan fingerprint density at radius 2 is 2.20 bits per heavy atom. The number of nitrogens with two attached hydrogens (primary N) is 1. The fourth-order valence-corrected chi connectivity index (χ4v) is 2.96. The Morgan fingerprint density at radius 1 is 1.40 bits per heavy atom. The van der Waals surface area contributed by atoms with Crippen LogP contribution in [0.25, 0.3) is 0 Å². The minimum Gasteiger partial charge on any atom is -0.354 e. The average Bonchev–Trinajstić information content (AvgIpc) is 2.84. The van der Waals surface area contributed by atoms with Crippen molar-refractivity contribution in [1.29, 1.82) is 0 Å². The molecule has 0 aliphatic heterocycles. The minimum atomic E-state index is 0.191. The maximum Gasteiger partial charge on any atom is 0.131 e. The van der Waals surface area contributed by atoms with Crippen LogP contribution in [-0.4, -0.2) is 23.1 Å². The molecule has 1 unspecified atom stereocenters. The molecule has 2 aromatic rings. The summed E-state index contributed by atoms with van der Waals surface area (Å²) in [5.74, 6) is 1.02. The Morgan fingerprint density at radius 3 is 2.85 bits per heavy atom. The van der Waals surface area contributed by atoms with Gasteiger partial charge < -0.3 is 10.6 Å². The Kier molecular flexibility index (Phi) is 5.09. The van der Waals surface area contributed by atoms with Gasteiger partial charge in [0, 0.05) is 24.2 Å². The summed E-state index contributed by atoms with van der Waals surface area (Å²) < 4.78 is 0. The zero-order valence-corrected chi connectivity index (χ0v) is 13.2. The number of aromatic nitrogens is 2. The van der Waals surface area contributed by atoms with Gasteiger partial charge in [0.25, 0.3) is 0 Å². The predicted octanol–water partition coefficient (Wildman–Crippen LogP) is 2.76. The average molecular weight is 290 g/mol. The fraction of sp³-hybridized carbons (Fsp3) is 0.467. The van der Waals surface area contributed by atoms with E-state index < -0.39 is 0 Å². The van der Waals surface area contributed by atoms with Crippen LogP contribution >= 0.6 is 11.3 Å². The molecular formula is C15H22N4S. The van der Waals surface area contributed by atoms with Gasteiger partial charge in [0.15, 0.2) is 0 Å². The maximum absolute atomic E-state index is 6.08. The first-order valence-corrected chi connectivity index (χ1v) is 7.79. The second kappa shape index (κ2) is 6.81. The molecule has 0 bridgehead atoms. The molecule has 4 nitrogen and oxygen atoms in total. The van der Waals surface area contributed by atoms with Crippen molar-refractivity contribution in [3.63, 3.8) is 0 Å². The Balaban J connectivity index is 2.17. The number of hydrogen-bond acceptors (Lipinski definition) is 5. The first-order chi connectivity index (χ1) is 9.61. The van der Waals surface area contributed by atoms with Gasteiger partial charge in [0.05, 0.1) is 17.7 Å². The molecule has 1 atom stereocenters. The summed E-state index contributed by atoms with van der Waals surface area (Å²) in [5, 5.41) is 0. The molecule has 108 valence electrons. The van der Waals surface area contributed by atoms with Crippen LogP contribution < -0.4 is 10.6 Å². The fourth-order valence-electron chi connectivity index (χ4n) is 2.13. The van der Waals surface area contributed by atoms with Crippen molar-refractivity contribution in [1.82, 2.24) is 9.97 Å². The number of anilines is 1. The predicted molar refractivity (Wildman–Crippen MR) is 85.2 cm³/mol. The number of thiazole rings is 1. The second-order valence-electron chi connectivity index (χ2n) is 5.08. The largest absolute Gasteiger partial charge is 0.354 e. The highest BCUT2D eigenvalue weighted by Crippen LogP contribution is 2.22. The smallest absolute Gasteiger partial charge is 0.131 e. The van der Waals surface area contributed by atoms with E-state index in [-0.39, 0.29) is 6.04 Å². The highest BCUT2D eigenvalue weighted by Gasteiger charge is 2.13. The van der Waals surface area contributed by atoms with E-state index in [9.17, 15) is 0 Å². The first-order valence-electron chi connectivity index (χ1n) is 6.91. The van der Waals surface area contributed by atoms with E-state index in [2.05, 4.69) is 34.9 Å². The van der Waals surface area contributed by atoms with Crippen molar-refractivity contribution in [3.8, 4) is 0 Å². The van der Waals surface area contributed by atoms with Crippen LogP contribution in [0.2, 0.25) is 0 Å². The minimum absolute atomic E-state index is 0.191. The van der Waals surface area contributed by atoms with E-state index in [0.717, 1.165) is 30.9 Å². The van der Waals surface area contributed by atoms with Crippen LogP contribution in [-0.2, 0) is 13.0 Å². The van der Waals surface area contributed by atoms with Crippen molar-refractivity contribution >= 4 is 17.2 Å². The molecule has 2 heterocycles. The summed E-state index contributed by atoms with van der Waals surface area (Å²) in [5.41, 5.74) is 10.3. The zero-order chi connectivity index (χ0) is 14.5. The highest BCUT2D eigenvalue weighted by molar-refractivity contribution is 7.09. The van der Waals surface area contributed by atoms with Gasteiger partial charge in [-0.05, 0) is 31.4 Å². The van der Waals surface area contributed by atoms with E-state index in [4.69, 9.17) is 5.73 Å². The number of aryl methyl sites for hydroxylation is 1. The standard InChI is InChI=1S/C15H22N4S/c1-4-13(16)8-12-6-5-7-17-15(12)19(3)9-14-11(2)18-10-20-14/h5-7,10,13H,4,8-9,16H2,1-3H3. The Bertz CT molecular complexity index is 552. The second-order valence-corrected chi connectivity index (χ2v) is 6.01. The van der Waals surface area contributed by atoms with Crippen LogP contribution in [0, 0.1) is 6.92 Å². The van der Waals surface area contributed by atoms with Crippen molar-refractivity contribution in [3.05, 3.63) is 40.0 Å². The van der Waals surface area contributed by atoms with Crippen LogP contribution in [0.5, 0.6) is 0 Å². The van der Waals surface area contributed by atoms with Gasteiger partial charge in [0.2, 0.25) is 0 Å². The van der Waals surface area contributed by atoms with E-state index in [1.807, 2.05) is 24.7 Å². The topological polar surface area (TPSA) is 55.0 Å². The molecule has 0 saturated heterocycles. The number of nitrogens with zero attached hydrogens (tertiary/aromatic N) is 3. The van der Waals surface area contributed by atoms with Crippen molar-refractivity contribution < 1.29 is 0 Å². The summed E-state index contributed by atoms with van der Waals surface area (Å²) in [4.78, 5) is 12.3. The third kappa shape index (κ3) is 3.55. The molecule has 5 heteroatoms. The molecule has 0 aliphatic carbocycles. The number of pyridine rings is 1. The molecule has 2 aromatic heterocycles. The first kappa shape index (κ1) is 14.9. The van der Waals surface area contributed by atoms with Gasteiger partial charge in [-0.25, -0.2) is 9.97 Å². The normalized spacial score (nSPS) is 12.4. The summed E-state index contributed by atoms with van der Waals surface area (Å²) >= 11 is 1.69. The lowest BCUT2D eigenvalue weighted by molar-refractivity contribution is 0.643. The maximum atomic E-state index is 6.08.